The van der Waals surface area contributed by atoms with Crippen molar-refractivity contribution in [3.63, 3.8) is 0 Å². The maximum absolute atomic E-state index is 12.8. The molecule has 0 unspecified atom stereocenters. The number of nitrogens with one attached hydrogen (secondary N) is 1. The molecule has 1 fully saturated rings. The maximum Gasteiger partial charge on any atom is 0.227 e. The molecule has 3 aromatic heterocycles. The van der Waals surface area contributed by atoms with E-state index in [0.29, 0.717) is 5.82 Å². The third-order valence-corrected chi connectivity index (χ3v) is 5.46. The fraction of sp³-hybridized carbons (Fsp3) is 0.227. The number of pyridine rings is 1. The van der Waals surface area contributed by atoms with E-state index in [1.54, 1.807) is 17.1 Å². The second-order valence-corrected chi connectivity index (χ2v) is 7.33. The lowest BCUT2D eigenvalue weighted by molar-refractivity contribution is -0.120. The summed E-state index contributed by atoms with van der Waals surface area (Å²) in [4.78, 5) is 19.4. The molecule has 30 heavy (non-hydrogen) atoms. The number of aromatic nitrogens is 5. The Morgan fingerprint density at radius 1 is 0.933 bits per heavy atom. The van der Waals surface area contributed by atoms with Crippen molar-refractivity contribution >= 4 is 28.3 Å². The zero-order chi connectivity index (χ0) is 20.3. The van der Waals surface area contributed by atoms with Crippen LogP contribution < -0.4 is 10.2 Å². The third kappa shape index (κ3) is 3.59. The molecule has 1 amide bonds. The minimum Gasteiger partial charge on any atom is -0.355 e. The number of para-hydroxylation sites is 1. The van der Waals surface area contributed by atoms with Crippen LogP contribution in [0.4, 0.5) is 11.5 Å². The van der Waals surface area contributed by atoms with Crippen LogP contribution in [0.25, 0.3) is 16.7 Å². The van der Waals surface area contributed by atoms with Crippen LogP contribution in [0.15, 0.2) is 67.1 Å². The molecule has 0 spiro atoms. The van der Waals surface area contributed by atoms with E-state index in [4.69, 9.17) is 0 Å². The third-order valence-electron chi connectivity index (χ3n) is 5.46. The van der Waals surface area contributed by atoms with Gasteiger partial charge in [-0.1, -0.05) is 18.2 Å². The molecule has 4 heterocycles. The molecule has 0 atom stereocenters. The minimum atomic E-state index is -0.0310. The van der Waals surface area contributed by atoms with Crippen molar-refractivity contribution in [3.8, 4) is 5.82 Å². The number of nitrogens with zero attached hydrogens (tertiary/aromatic N) is 6. The molecule has 8 nitrogen and oxygen atoms in total. The average Bonchev–Trinajstić information content (AvgIpc) is 3.35. The largest absolute Gasteiger partial charge is 0.355 e. The van der Waals surface area contributed by atoms with Gasteiger partial charge in [-0.05, 0) is 43.2 Å². The molecule has 0 saturated carbocycles. The van der Waals surface area contributed by atoms with E-state index in [0.717, 1.165) is 48.3 Å². The zero-order valence-corrected chi connectivity index (χ0v) is 16.3. The van der Waals surface area contributed by atoms with Crippen molar-refractivity contribution < 1.29 is 4.79 Å². The molecule has 1 N–H and O–H groups in total. The minimum absolute atomic E-state index is 0.0310. The van der Waals surface area contributed by atoms with Crippen LogP contribution in [0.3, 0.4) is 0 Å². The van der Waals surface area contributed by atoms with Crippen molar-refractivity contribution in [2.45, 2.75) is 12.8 Å². The van der Waals surface area contributed by atoms with Gasteiger partial charge in [-0.25, -0.2) is 4.68 Å². The van der Waals surface area contributed by atoms with Crippen LogP contribution in [0.1, 0.15) is 12.8 Å². The quantitative estimate of drug-likeness (QED) is 0.567. The van der Waals surface area contributed by atoms with Gasteiger partial charge in [0.1, 0.15) is 0 Å². The van der Waals surface area contributed by atoms with Crippen LogP contribution in [-0.2, 0) is 4.79 Å². The highest BCUT2D eigenvalue weighted by atomic mass is 16.1. The number of piperidine rings is 1. The summed E-state index contributed by atoms with van der Waals surface area (Å²) in [5.74, 6) is 1.52. The number of anilines is 2. The summed E-state index contributed by atoms with van der Waals surface area (Å²) in [5.41, 5.74) is 1.58. The Morgan fingerprint density at radius 2 is 1.73 bits per heavy atom. The molecule has 150 valence electrons. The van der Waals surface area contributed by atoms with Gasteiger partial charge in [0.25, 0.3) is 0 Å². The monoisotopic (exact) mass is 399 g/mol. The Kier molecular flexibility index (Phi) is 4.80. The molecule has 0 bridgehead atoms. The predicted octanol–water partition coefficient (Wildman–Crippen LogP) is 3.07. The van der Waals surface area contributed by atoms with Crippen molar-refractivity contribution in [1.29, 1.82) is 0 Å². The maximum atomic E-state index is 12.8. The number of hydrogen-bond acceptors (Lipinski definition) is 6. The van der Waals surface area contributed by atoms with E-state index in [1.165, 1.54) is 0 Å². The summed E-state index contributed by atoms with van der Waals surface area (Å²) < 4.78 is 1.68. The molecule has 8 heteroatoms. The first-order valence-electron chi connectivity index (χ1n) is 10.0. The lowest BCUT2D eigenvalue weighted by atomic mass is 9.95. The molecule has 1 saturated heterocycles. The Labute approximate surface area is 173 Å². The Hall–Kier alpha value is -3.81. The smallest absolute Gasteiger partial charge is 0.227 e. The molecule has 1 aliphatic heterocycles. The highest BCUT2D eigenvalue weighted by molar-refractivity contribution is 6.01. The van der Waals surface area contributed by atoms with E-state index in [2.05, 4.69) is 30.5 Å². The van der Waals surface area contributed by atoms with Gasteiger partial charge in [-0.15, -0.1) is 10.2 Å². The van der Waals surface area contributed by atoms with Crippen molar-refractivity contribution in [3.05, 3.63) is 67.1 Å². The van der Waals surface area contributed by atoms with Gasteiger partial charge >= 0.3 is 0 Å². The number of rotatable bonds is 4. The summed E-state index contributed by atoms with van der Waals surface area (Å²) in [6.45, 7) is 1.53. The van der Waals surface area contributed by atoms with Gasteiger partial charge in [-0.2, -0.15) is 5.10 Å². The zero-order valence-electron chi connectivity index (χ0n) is 16.3. The normalized spacial score (nSPS) is 14.7. The van der Waals surface area contributed by atoms with E-state index in [1.807, 2.05) is 54.7 Å². The molecule has 0 radical (unpaired) electrons. The Balaban J connectivity index is 1.22. The SMILES string of the molecule is O=C(Nc1cccc2cccnc12)C1CCN(c2ccc(-n3cccn3)nn2)CC1. The number of carbonyl (C=O) groups is 1. The van der Waals surface area contributed by atoms with Crippen LogP contribution in [0, 0.1) is 5.92 Å². The first kappa shape index (κ1) is 18.2. The van der Waals surface area contributed by atoms with Crippen molar-refractivity contribution in [2.24, 2.45) is 5.92 Å². The molecule has 4 aromatic rings. The van der Waals surface area contributed by atoms with E-state index < -0.39 is 0 Å². The lowest BCUT2D eigenvalue weighted by Crippen LogP contribution is -2.38. The van der Waals surface area contributed by atoms with Gasteiger partial charge in [0, 0.05) is 43.0 Å². The number of carbonyl (C=O) groups excluding carboxylic acids is 1. The van der Waals surface area contributed by atoms with Crippen LogP contribution in [0.2, 0.25) is 0 Å². The van der Waals surface area contributed by atoms with Crippen LogP contribution in [0.5, 0.6) is 0 Å². The first-order valence-corrected chi connectivity index (χ1v) is 10.0. The topological polar surface area (TPSA) is 88.8 Å². The van der Waals surface area contributed by atoms with Crippen LogP contribution in [-0.4, -0.2) is 44.0 Å². The van der Waals surface area contributed by atoms with Gasteiger partial charge in [-0.3, -0.25) is 9.78 Å². The number of fused-ring (bicyclic) bond motifs is 1. The lowest BCUT2D eigenvalue weighted by Gasteiger charge is -2.31. The summed E-state index contributed by atoms with van der Waals surface area (Å²) in [6, 6.07) is 15.4. The van der Waals surface area contributed by atoms with E-state index in [9.17, 15) is 4.79 Å². The molecule has 1 aliphatic rings. The average molecular weight is 399 g/mol. The summed E-state index contributed by atoms with van der Waals surface area (Å²) in [6.07, 6.45) is 6.83. The number of hydrogen-bond donors (Lipinski definition) is 1. The van der Waals surface area contributed by atoms with E-state index >= 15 is 0 Å². The summed E-state index contributed by atoms with van der Waals surface area (Å²) >= 11 is 0. The highest BCUT2D eigenvalue weighted by Gasteiger charge is 2.26. The second-order valence-electron chi connectivity index (χ2n) is 7.33. The molecule has 0 aliphatic carbocycles. The highest BCUT2D eigenvalue weighted by Crippen LogP contribution is 2.25. The van der Waals surface area contributed by atoms with Gasteiger partial charge in [0.2, 0.25) is 5.91 Å². The fourth-order valence-corrected chi connectivity index (χ4v) is 3.82. The number of amides is 1. The number of benzene rings is 1. The molecular weight excluding hydrogens is 378 g/mol. The van der Waals surface area contributed by atoms with Gasteiger partial charge in [0.15, 0.2) is 11.6 Å². The molecular formula is C22H21N7O. The Bertz CT molecular complexity index is 1140. The summed E-state index contributed by atoms with van der Waals surface area (Å²) in [5, 5.41) is 16.8. The standard InChI is InChI=1S/C22H21N7O/c30-22(25-18-6-1-4-16-5-2-11-23-21(16)18)17-9-14-28(15-10-17)19-7-8-20(27-26-19)29-13-3-12-24-29/h1-8,11-13,17H,9-10,14-15H2,(H,25,30). The fourth-order valence-electron chi connectivity index (χ4n) is 3.82. The van der Waals surface area contributed by atoms with Crippen molar-refractivity contribution in [2.75, 3.05) is 23.3 Å². The molecule has 1 aromatic carbocycles. The second kappa shape index (κ2) is 7.90. The first-order chi connectivity index (χ1) is 14.8. The summed E-state index contributed by atoms with van der Waals surface area (Å²) in [7, 11) is 0. The predicted molar refractivity (Wildman–Crippen MR) is 114 cm³/mol. The Morgan fingerprint density at radius 3 is 2.50 bits per heavy atom. The van der Waals surface area contributed by atoms with Crippen LogP contribution >= 0.6 is 0 Å². The van der Waals surface area contributed by atoms with E-state index in [-0.39, 0.29) is 11.8 Å². The van der Waals surface area contributed by atoms with Gasteiger partial charge in [0.05, 0.1) is 11.2 Å². The molecule has 5 rings (SSSR count). The van der Waals surface area contributed by atoms with Gasteiger partial charge < -0.3 is 10.2 Å². The van der Waals surface area contributed by atoms with Crippen molar-refractivity contribution in [1.82, 2.24) is 25.0 Å².